The van der Waals surface area contributed by atoms with E-state index in [1.54, 1.807) is 18.2 Å². The lowest BCUT2D eigenvalue weighted by Gasteiger charge is -2.08. The van der Waals surface area contributed by atoms with Crippen LogP contribution in [-0.2, 0) is 11.3 Å². The van der Waals surface area contributed by atoms with Gasteiger partial charge in [0.05, 0.1) is 21.9 Å². The third-order valence-electron chi connectivity index (χ3n) is 3.83. The minimum Gasteiger partial charge on any atom is -0.457 e. The lowest BCUT2D eigenvalue weighted by molar-refractivity contribution is -0.115. The Morgan fingerprint density at radius 1 is 1.10 bits per heavy atom. The molecule has 0 saturated heterocycles. The summed E-state index contributed by atoms with van der Waals surface area (Å²) in [7, 11) is 0. The predicted molar refractivity (Wildman–Crippen MR) is 115 cm³/mol. The van der Waals surface area contributed by atoms with Gasteiger partial charge in [0.2, 0.25) is 0 Å². The van der Waals surface area contributed by atoms with Crippen molar-refractivity contribution in [2.45, 2.75) is 13.5 Å². The normalized spacial score (nSPS) is 10.9. The highest BCUT2D eigenvalue weighted by Gasteiger charge is 2.06. The van der Waals surface area contributed by atoms with Crippen LogP contribution in [0.5, 0.6) is 11.5 Å². The average Bonchev–Trinajstić information content (AvgIpc) is 2.71. The van der Waals surface area contributed by atoms with Crippen LogP contribution in [0.25, 0.3) is 0 Å². The zero-order valence-corrected chi connectivity index (χ0v) is 17.0. The zero-order chi connectivity index (χ0) is 20.6. The van der Waals surface area contributed by atoms with Gasteiger partial charge in [0.25, 0.3) is 5.91 Å². The minimum absolute atomic E-state index is 0.250. The molecule has 2 N–H and O–H groups in total. The summed E-state index contributed by atoms with van der Waals surface area (Å²) in [6.07, 6.45) is 4.15. The van der Waals surface area contributed by atoms with Crippen molar-refractivity contribution in [2.75, 3.05) is 0 Å². The van der Waals surface area contributed by atoms with Crippen LogP contribution in [0.1, 0.15) is 11.1 Å². The van der Waals surface area contributed by atoms with Gasteiger partial charge in [-0.25, -0.2) is 5.43 Å². The van der Waals surface area contributed by atoms with Crippen LogP contribution < -0.4 is 15.6 Å². The van der Waals surface area contributed by atoms with Crippen LogP contribution in [0.3, 0.4) is 0 Å². The molecule has 29 heavy (non-hydrogen) atoms. The van der Waals surface area contributed by atoms with Crippen molar-refractivity contribution in [1.29, 1.82) is 0 Å². The third-order valence-corrected chi connectivity index (χ3v) is 4.49. The van der Waals surface area contributed by atoms with E-state index < -0.39 is 5.91 Å². The van der Waals surface area contributed by atoms with Gasteiger partial charge in [0, 0.05) is 30.6 Å². The summed E-state index contributed by atoms with van der Waals surface area (Å²) in [5, 5.41) is 0.830. The molecule has 0 radical (unpaired) electrons. The number of aryl methyl sites for hydroxylation is 1. The first-order valence-electron chi connectivity index (χ1n) is 8.70. The van der Waals surface area contributed by atoms with Gasteiger partial charge in [0.15, 0.2) is 0 Å². The van der Waals surface area contributed by atoms with Crippen molar-refractivity contribution in [3.8, 4) is 11.5 Å². The van der Waals surface area contributed by atoms with E-state index in [0.29, 0.717) is 27.0 Å². The molecule has 0 spiro atoms. The Morgan fingerprint density at radius 2 is 1.83 bits per heavy atom. The molecule has 1 amide bonds. The zero-order valence-electron chi connectivity index (χ0n) is 15.5. The van der Waals surface area contributed by atoms with Crippen molar-refractivity contribution in [3.63, 3.8) is 0 Å². The van der Waals surface area contributed by atoms with Crippen LogP contribution in [0.15, 0.2) is 65.9 Å². The molecule has 3 aromatic rings. The molecule has 0 fully saturated rings. The summed E-state index contributed by atoms with van der Waals surface area (Å²) in [6, 6.07) is 14.9. The number of hydrogen-bond acceptors (Lipinski definition) is 5. The Morgan fingerprint density at radius 3 is 2.55 bits per heavy atom. The number of halogens is 2. The first kappa shape index (κ1) is 20.8. The molecule has 0 aliphatic carbocycles. The number of rotatable bonds is 7. The van der Waals surface area contributed by atoms with Crippen molar-refractivity contribution in [2.24, 2.45) is 4.99 Å². The predicted octanol–water partition coefficient (Wildman–Crippen LogP) is 5.01. The van der Waals surface area contributed by atoms with Gasteiger partial charge in [-0.1, -0.05) is 47.0 Å². The number of pyridine rings is 1. The number of hydrazine groups is 1. The van der Waals surface area contributed by atoms with Crippen LogP contribution in [0.4, 0.5) is 5.69 Å². The van der Waals surface area contributed by atoms with Gasteiger partial charge < -0.3 is 4.74 Å². The quantitative estimate of drug-likeness (QED) is 0.409. The highest BCUT2D eigenvalue weighted by atomic mass is 35.5. The number of benzene rings is 2. The second-order valence-electron chi connectivity index (χ2n) is 6.10. The Bertz CT molecular complexity index is 1000. The molecule has 0 bridgehead atoms. The Balaban J connectivity index is 1.54. The number of hydrogen-bond donors (Lipinski definition) is 2. The molecule has 0 atom stereocenters. The lowest BCUT2D eigenvalue weighted by Crippen LogP contribution is -2.37. The molecule has 1 heterocycles. The number of aliphatic imine (C=N–C) groups is 1. The second kappa shape index (κ2) is 10.0. The molecule has 0 aliphatic heterocycles. The van der Waals surface area contributed by atoms with Crippen LogP contribution in [0.2, 0.25) is 10.0 Å². The Kier molecular flexibility index (Phi) is 7.19. The van der Waals surface area contributed by atoms with E-state index in [2.05, 4.69) is 20.8 Å². The molecular weight excluding hydrogens is 411 g/mol. The van der Waals surface area contributed by atoms with Gasteiger partial charge in [-0.15, -0.1) is 0 Å². The topological polar surface area (TPSA) is 75.6 Å². The van der Waals surface area contributed by atoms with Crippen molar-refractivity contribution < 1.29 is 9.53 Å². The number of nitrogens with zero attached hydrogens (tertiary/aromatic N) is 2. The van der Waals surface area contributed by atoms with Crippen molar-refractivity contribution in [1.82, 2.24) is 15.8 Å². The summed E-state index contributed by atoms with van der Waals surface area (Å²) in [5.74, 6) is 0.937. The van der Waals surface area contributed by atoms with Crippen LogP contribution in [0, 0.1) is 6.92 Å². The van der Waals surface area contributed by atoms with Gasteiger partial charge in [-0.05, 0) is 31.2 Å². The second-order valence-corrected chi connectivity index (χ2v) is 6.91. The van der Waals surface area contributed by atoms with Gasteiger partial charge in [-0.3, -0.25) is 20.2 Å². The highest BCUT2D eigenvalue weighted by Crippen LogP contribution is 2.25. The molecule has 0 unspecified atom stereocenters. The van der Waals surface area contributed by atoms with E-state index in [9.17, 15) is 4.79 Å². The number of carbonyl (C=O) groups excluding carboxylic acids is 1. The van der Waals surface area contributed by atoms with Gasteiger partial charge in [-0.2, -0.15) is 0 Å². The van der Waals surface area contributed by atoms with Crippen LogP contribution in [-0.4, -0.2) is 17.1 Å². The van der Waals surface area contributed by atoms with E-state index in [-0.39, 0.29) is 6.54 Å². The maximum absolute atomic E-state index is 12.0. The number of carbonyl (C=O) groups is 1. The van der Waals surface area contributed by atoms with E-state index in [1.807, 2.05) is 37.3 Å². The number of ether oxygens (including phenoxy) is 1. The smallest absolute Gasteiger partial charge is 0.276 e. The number of nitrogens with one attached hydrogen (secondary N) is 2. The fourth-order valence-corrected chi connectivity index (χ4v) is 2.86. The minimum atomic E-state index is -0.420. The maximum atomic E-state index is 12.0. The Hall–Kier alpha value is -2.93. The maximum Gasteiger partial charge on any atom is 0.276 e. The summed E-state index contributed by atoms with van der Waals surface area (Å²) in [4.78, 5) is 20.0. The van der Waals surface area contributed by atoms with Crippen molar-refractivity contribution >= 4 is 41.0 Å². The van der Waals surface area contributed by atoms with Gasteiger partial charge >= 0.3 is 0 Å². The van der Waals surface area contributed by atoms with E-state index in [1.165, 1.54) is 18.6 Å². The fraction of sp³-hybridized carbons (Fsp3) is 0.0952. The van der Waals surface area contributed by atoms with Crippen molar-refractivity contribution in [3.05, 3.63) is 82.1 Å². The average molecular weight is 429 g/mol. The summed E-state index contributed by atoms with van der Waals surface area (Å²) in [6.45, 7) is 2.26. The summed E-state index contributed by atoms with van der Waals surface area (Å²) in [5.41, 5.74) is 7.65. The third kappa shape index (κ3) is 6.29. The van der Waals surface area contributed by atoms with E-state index in [0.717, 1.165) is 11.3 Å². The molecule has 1 aromatic heterocycles. The highest BCUT2D eigenvalue weighted by molar-refractivity contribution is 6.35. The monoisotopic (exact) mass is 428 g/mol. The SMILES string of the molecule is Cc1ccc(Oc2cccc(N=CC(=O)NNCc3c(Cl)cncc3Cl)c2)cc1. The lowest BCUT2D eigenvalue weighted by atomic mass is 10.2. The molecule has 148 valence electrons. The van der Waals surface area contributed by atoms with E-state index >= 15 is 0 Å². The Labute approximate surface area is 178 Å². The van der Waals surface area contributed by atoms with Gasteiger partial charge in [0.1, 0.15) is 11.5 Å². The van der Waals surface area contributed by atoms with Crippen LogP contribution >= 0.6 is 23.2 Å². The number of amides is 1. The molecule has 6 nitrogen and oxygen atoms in total. The van der Waals surface area contributed by atoms with E-state index in [4.69, 9.17) is 27.9 Å². The standard InChI is InChI=1S/C21H18Cl2N4O2/c1-14-5-7-16(8-6-14)29-17-4-2-3-15(9-17)25-13-21(28)27-26-10-18-19(22)11-24-12-20(18)23/h2-9,11-13,26H,10H2,1H3,(H,27,28). The first-order chi connectivity index (χ1) is 14.0. The summed E-state index contributed by atoms with van der Waals surface area (Å²) >= 11 is 12.1. The molecule has 3 rings (SSSR count). The fourth-order valence-electron chi connectivity index (χ4n) is 2.36. The molecule has 0 aliphatic rings. The molecule has 8 heteroatoms. The molecular formula is C21H18Cl2N4O2. The molecule has 2 aromatic carbocycles. The number of aromatic nitrogens is 1. The largest absolute Gasteiger partial charge is 0.457 e. The molecule has 0 saturated carbocycles. The first-order valence-corrected chi connectivity index (χ1v) is 9.46. The summed E-state index contributed by atoms with van der Waals surface area (Å²) < 4.78 is 5.80.